The van der Waals surface area contributed by atoms with Gasteiger partial charge in [0.2, 0.25) is 0 Å². The molecule has 1 heterocycles. The summed E-state index contributed by atoms with van der Waals surface area (Å²) in [5, 5.41) is 3.03. The van der Waals surface area contributed by atoms with Gasteiger partial charge in [-0.3, -0.25) is 4.98 Å². The number of halogens is 1. The van der Waals surface area contributed by atoms with E-state index in [9.17, 15) is 4.39 Å². The molecule has 0 aromatic carbocycles. The van der Waals surface area contributed by atoms with Crippen LogP contribution in [0.25, 0.3) is 0 Å². The van der Waals surface area contributed by atoms with Gasteiger partial charge >= 0.3 is 0 Å². The van der Waals surface area contributed by atoms with E-state index in [4.69, 9.17) is 0 Å². The molecule has 1 N–H and O–H groups in total. The maximum atomic E-state index is 12.9. The van der Waals surface area contributed by atoms with Crippen LogP contribution in [0.5, 0.6) is 0 Å². The minimum atomic E-state index is -0.369. The summed E-state index contributed by atoms with van der Waals surface area (Å²) in [4.78, 5) is 3.63. The van der Waals surface area contributed by atoms with Gasteiger partial charge in [-0.1, -0.05) is 18.8 Å². The van der Waals surface area contributed by atoms with Crippen LogP contribution in [0, 0.1) is 17.7 Å². The molecule has 68 valence electrons. The first-order chi connectivity index (χ1) is 6.34. The number of aromatic nitrogens is 1. The van der Waals surface area contributed by atoms with E-state index in [2.05, 4.69) is 22.1 Å². The molecule has 1 aromatic rings. The molecular formula is C10H11FN2. The Kier molecular flexibility index (Phi) is 3.94. The molecule has 0 aliphatic rings. The van der Waals surface area contributed by atoms with Gasteiger partial charge in [-0.05, 0) is 12.6 Å². The number of hydrogen-bond donors (Lipinski definition) is 1. The summed E-state index contributed by atoms with van der Waals surface area (Å²) < 4.78 is 12.9. The topological polar surface area (TPSA) is 24.9 Å². The van der Waals surface area contributed by atoms with Gasteiger partial charge in [-0.2, -0.15) is 0 Å². The Morgan fingerprint density at radius 3 is 3.15 bits per heavy atom. The van der Waals surface area contributed by atoms with Crippen molar-refractivity contribution in [1.29, 1.82) is 0 Å². The molecule has 13 heavy (non-hydrogen) atoms. The van der Waals surface area contributed by atoms with E-state index in [-0.39, 0.29) is 5.82 Å². The molecule has 0 radical (unpaired) electrons. The van der Waals surface area contributed by atoms with E-state index < -0.39 is 0 Å². The highest BCUT2D eigenvalue weighted by Crippen LogP contribution is 2.00. The Morgan fingerprint density at radius 2 is 2.46 bits per heavy atom. The van der Waals surface area contributed by atoms with Crippen LogP contribution < -0.4 is 5.32 Å². The molecule has 2 nitrogen and oxygen atoms in total. The molecule has 1 aromatic heterocycles. The number of nitrogens with zero attached hydrogens (tertiary/aromatic N) is 1. The van der Waals surface area contributed by atoms with Crippen molar-refractivity contribution >= 4 is 0 Å². The summed E-state index contributed by atoms with van der Waals surface area (Å²) in [6, 6.07) is 1.56. The maximum Gasteiger partial charge on any atom is 0.157 e. The second-order valence-electron chi connectivity index (χ2n) is 2.44. The third-order valence-electron chi connectivity index (χ3n) is 1.46. The SMILES string of the molecule is CCNCC#Cc1ccncc1F. The monoisotopic (exact) mass is 178 g/mol. The van der Waals surface area contributed by atoms with Crippen molar-refractivity contribution in [3.63, 3.8) is 0 Å². The van der Waals surface area contributed by atoms with Crippen molar-refractivity contribution in [2.24, 2.45) is 0 Å². The molecule has 1 rings (SSSR count). The lowest BCUT2D eigenvalue weighted by Gasteiger charge is -1.91. The van der Waals surface area contributed by atoms with Crippen LogP contribution in [0.3, 0.4) is 0 Å². The molecule has 0 spiro atoms. The maximum absolute atomic E-state index is 12.9. The van der Waals surface area contributed by atoms with Gasteiger partial charge in [0.1, 0.15) is 0 Å². The lowest BCUT2D eigenvalue weighted by molar-refractivity contribution is 0.618. The Labute approximate surface area is 77.2 Å². The fraction of sp³-hybridized carbons (Fsp3) is 0.300. The number of nitrogens with one attached hydrogen (secondary N) is 1. The Morgan fingerprint density at radius 1 is 1.62 bits per heavy atom. The molecule has 0 aliphatic carbocycles. The van der Waals surface area contributed by atoms with Gasteiger partial charge in [0, 0.05) is 6.20 Å². The van der Waals surface area contributed by atoms with Crippen molar-refractivity contribution in [1.82, 2.24) is 10.3 Å². The zero-order valence-corrected chi connectivity index (χ0v) is 7.47. The van der Waals surface area contributed by atoms with E-state index in [0.717, 1.165) is 12.7 Å². The third kappa shape index (κ3) is 3.22. The van der Waals surface area contributed by atoms with E-state index in [1.807, 2.05) is 6.92 Å². The summed E-state index contributed by atoms with van der Waals surface area (Å²) in [6.45, 7) is 3.44. The number of hydrogen-bond acceptors (Lipinski definition) is 2. The van der Waals surface area contributed by atoms with Crippen molar-refractivity contribution in [3.05, 3.63) is 29.8 Å². The molecule has 0 atom stereocenters. The summed E-state index contributed by atoms with van der Waals surface area (Å²) in [5.74, 6) is 5.17. The standard InChI is InChI=1S/C10H11FN2/c1-2-12-6-3-4-9-5-7-13-8-10(9)11/h5,7-8,12H,2,6H2,1H3. The summed E-state index contributed by atoms with van der Waals surface area (Å²) in [6.07, 6.45) is 2.69. The average Bonchev–Trinajstić information content (AvgIpc) is 2.15. The van der Waals surface area contributed by atoms with Crippen molar-refractivity contribution in [2.75, 3.05) is 13.1 Å². The van der Waals surface area contributed by atoms with Crippen LogP contribution in [-0.2, 0) is 0 Å². The van der Waals surface area contributed by atoms with Crippen LogP contribution in [0.4, 0.5) is 4.39 Å². The van der Waals surface area contributed by atoms with Gasteiger partial charge < -0.3 is 5.32 Å². The molecule has 0 amide bonds. The van der Waals surface area contributed by atoms with Crippen LogP contribution in [0.1, 0.15) is 12.5 Å². The van der Waals surface area contributed by atoms with Gasteiger partial charge in [-0.15, -0.1) is 0 Å². The quantitative estimate of drug-likeness (QED) is 0.543. The van der Waals surface area contributed by atoms with Crippen LogP contribution in [0.15, 0.2) is 18.5 Å². The van der Waals surface area contributed by atoms with Gasteiger partial charge in [0.05, 0.1) is 18.3 Å². The Balaban J connectivity index is 2.61. The number of rotatable bonds is 2. The highest BCUT2D eigenvalue weighted by atomic mass is 19.1. The molecule has 0 saturated carbocycles. The predicted octanol–water partition coefficient (Wildman–Crippen LogP) is 1.18. The second-order valence-corrected chi connectivity index (χ2v) is 2.44. The van der Waals surface area contributed by atoms with E-state index in [1.165, 1.54) is 6.20 Å². The van der Waals surface area contributed by atoms with E-state index in [0.29, 0.717) is 12.1 Å². The fourth-order valence-corrected chi connectivity index (χ4v) is 0.803. The first-order valence-electron chi connectivity index (χ1n) is 4.13. The van der Waals surface area contributed by atoms with Crippen molar-refractivity contribution in [3.8, 4) is 11.8 Å². The molecule has 0 unspecified atom stereocenters. The number of pyridine rings is 1. The first kappa shape index (κ1) is 9.69. The highest BCUT2D eigenvalue weighted by Gasteiger charge is 1.94. The lowest BCUT2D eigenvalue weighted by atomic mass is 10.2. The van der Waals surface area contributed by atoms with Crippen LogP contribution >= 0.6 is 0 Å². The molecule has 0 saturated heterocycles. The minimum Gasteiger partial charge on any atom is -0.306 e. The summed E-state index contributed by atoms with van der Waals surface area (Å²) >= 11 is 0. The van der Waals surface area contributed by atoms with Crippen molar-refractivity contribution < 1.29 is 4.39 Å². The predicted molar refractivity (Wildman–Crippen MR) is 49.6 cm³/mol. The van der Waals surface area contributed by atoms with Crippen molar-refractivity contribution in [2.45, 2.75) is 6.92 Å². The molecule has 0 aliphatic heterocycles. The fourth-order valence-electron chi connectivity index (χ4n) is 0.803. The summed E-state index contributed by atoms with van der Waals surface area (Å²) in [5.41, 5.74) is 0.396. The highest BCUT2D eigenvalue weighted by molar-refractivity contribution is 5.33. The average molecular weight is 178 g/mol. The second kappa shape index (κ2) is 5.28. The smallest absolute Gasteiger partial charge is 0.157 e. The first-order valence-corrected chi connectivity index (χ1v) is 4.13. The van der Waals surface area contributed by atoms with Crippen LogP contribution in [-0.4, -0.2) is 18.1 Å². The minimum absolute atomic E-state index is 0.369. The summed E-state index contributed by atoms with van der Waals surface area (Å²) in [7, 11) is 0. The van der Waals surface area contributed by atoms with E-state index in [1.54, 1.807) is 6.07 Å². The largest absolute Gasteiger partial charge is 0.306 e. The Hall–Kier alpha value is -1.40. The zero-order valence-electron chi connectivity index (χ0n) is 7.47. The van der Waals surface area contributed by atoms with E-state index >= 15 is 0 Å². The van der Waals surface area contributed by atoms with Gasteiger partial charge in [-0.25, -0.2) is 4.39 Å². The normalized spacial score (nSPS) is 9.08. The van der Waals surface area contributed by atoms with Gasteiger partial charge in [0.25, 0.3) is 0 Å². The third-order valence-corrected chi connectivity index (χ3v) is 1.46. The van der Waals surface area contributed by atoms with Gasteiger partial charge in [0.15, 0.2) is 5.82 Å². The lowest BCUT2D eigenvalue weighted by Crippen LogP contribution is -2.11. The molecule has 0 bridgehead atoms. The molecule has 3 heteroatoms. The van der Waals surface area contributed by atoms with Crippen LogP contribution in [0.2, 0.25) is 0 Å². The zero-order chi connectivity index (χ0) is 9.52. The molecular weight excluding hydrogens is 167 g/mol. The molecule has 0 fully saturated rings. The Bertz CT molecular complexity index is 325.